The Labute approximate surface area is 125 Å². The molecule has 2 saturated heterocycles. The van der Waals surface area contributed by atoms with Crippen molar-refractivity contribution in [2.45, 2.75) is 37.3 Å². The molecule has 2 N–H and O–H groups in total. The van der Waals surface area contributed by atoms with Crippen LogP contribution in [0.4, 0.5) is 0 Å². The van der Waals surface area contributed by atoms with Gasteiger partial charge in [0.1, 0.15) is 0 Å². The molecular formula is C16H22ClNO2. The van der Waals surface area contributed by atoms with Gasteiger partial charge in [-0.3, -0.25) is 0 Å². The van der Waals surface area contributed by atoms with Gasteiger partial charge in [0.05, 0.1) is 5.60 Å². The van der Waals surface area contributed by atoms with Crippen molar-refractivity contribution in [2.24, 2.45) is 11.7 Å². The van der Waals surface area contributed by atoms with Crippen LogP contribution in [0.15, 0.2) is 24.3 Å². The van der Waals surface area contributed by atoms with Crippen molar-refractivity contribution in [2.75, 3.05) is 19.8 Å². The molecule has 20 heavy (non-hydrogen) atoms. The largest absolute Gasteiger partial charge is 0.381 e. The Hall–Kier alpha value is -0.610. The first kappa shape index (κ1) is 14.3. The molecule has 1 spiro atoms. The predicted octanol–water partition coefficient (Wildman–Crippen LogP) is 3.32. The molecule has 110 valence electrons. The second kappa shape index (κ2) is 6.02. The maximum Gasteiger partial charge on any atom is 0.0729 e. The van der Waals surface area contributed by atoms with E-state index in [1.165, 1.54) is 0 Å². The Bertz CT molecular complexity index is 454. The van der Waals surface area contributed by atoms with Crippen molar-refractivity contribution in [3.63, 3.8) is 0 Å². The van der Waals surface area contributed by atoms with Gasteiger partial charge in [-0.15, -0.1) is 0 Å². The summed E-state index contributed by atoms with van der Waals surface area (Å²) in [6.45, 7) is 2.39. The van der Waals surface area contributed by atoms with Crippen molar-refractivity contribution >= 4 is 11.6 Å². The number of hydrogen-bond acceptors (Lipinski definition) is 3. The molecule has 0 saturated carbocycles. The lowest BCUT2D eigenvalue weighted by Crippen LogP contribution is -2.46. The molecule has 3 rings (SSSR count). The summed E-state index contributed by atoms with van der Waals surface area (Å²) in [5, 5.41) is 0.771. The van der Waals surface area contributed by atoms with E-state index in [-0.39, 0.29) is 11.6 Å². The number of nitrogens with two attached hydrogens (primary N) is 1. The first-order valence-corrected chi connectivity index (χ1v) is 7.80. The highest BCUT2D eigenvalue weighted by atomic mass is 35.5. The predicted molar refractivity (Wildman–Crippen MR) is 79.8 cm³/mol. The van der Waals surface area contributed by atoms with Crippen LogP contribution < -0.4 is 5.73 Å². The van der Waals surface area contributed by atoms with E-state index in [9.17, 15) is 0 Å². The van der Waals surface area contributed by atoms with Crippen LogP contribution in [0.2, 0.25) is 5.02 Å². The van der Waals surface area contributed by atoms with Gasteiger partial charge in [-0.2, -0.15) is 0 Å². The molecule has 1 aromatic carbocycles. The van der Waals surface area contributed by atoms with Gasteiger partial charge in [0.2, 0.25) is 0 Å². The van der Waals surface area contributed by atoms with Crippen LogP contribution in [0.5, 0.6) is 0 Å². The molecule has 0 radical (unpaired) electrons. The molecule has 2 unspecified atom stereocenters. The van der Waals surface area contributed by atoms with E-state index in [1.54, 1.807) is 0 Å². The highest BCUT2D eigenvalue weighted by Gasteiger charge is 2.41. The Morgan fingerprint density at radius 3 is 2.70 bits per heavy atom. The maximum absolute atomic E-state index is 6.49. The van der Waals surface area contributed by atoms with Crippen LogP contribution in [-0.2, 0) is 9.47 Å². The summed E-state index contributed by atoms with van der Waals surface area (Å²) in [6.07, 6.45) is 4.00. The van der Waals surface area contributed by atoms with E-state index in [1.807, 2.05) is 24.3 Å². The number of ether oxygens (including phenoxy) is 2. The fourth-order valence-corrected chi connectivity index (χ4v) is 3.73. The fourth-order valence-electron chi connectivity index (χ4n) is 3.46. The maximum atomic E-state index is 6.49. The second-order valence-corrected chi connectivity index (χ2v) is 6.35. The van der Waals surface area contributed by atoms with E-state index in [0.717, 1.165) is 56.1 Å². The monoisotopic (exact) mass is 295 g/mol. The summed E-state index contributed by atoms with van der Waals surface area (Å²) in [5.41, 5.74) is 7.53. The molecule has 0 aromatic heterocycles. The molecule has 1 aromatic rings. The van der Waals surface area contributed by atoms with Crippen LogP contribution in [0.3, 0.4) is 0 Å². The lowest BCUT2D eigenvalue weighted by molar-refractivity contribution is -0.149. The zero-order valence-electron chi connectivity index (χ0n) is 11.7. The van der Waals surface area contributed by atoms with E-state index in [4.69, 9.17) is 26.8 Å². The van der Waals surface area contributed by atoms with Crippen molar-refractivity contribution in [3.8, 4) is 0 Å². The average Bonchev–Trinajstić information content (AvgIpc) is 2.48. The summed E-state index contributed by atoms with van der Waals surface area (Å²) in [6, 6.07) is 7.90. The first-order valence-electron chi connectivity index (χ1n) is 7.42. The molecule has 2 aliphatic rings. The molecule has 0 aliphatic carbocycles. The van der Waals surface area contributed by atoms with Crippen LogP contribution in [0, 0.1) is 5.92 Å². The summed E-state index contributed by atoms with van der Waals surface area (Å²) in [7, 11) is 0. The minimum Gasteiger partial charge on any atom is -0.381 e. The fraction of sp³-hybridized carbons (Fsp3) is 0.625. The molecule has 0 bridgehead atoms. The Kier molecular flexibility index (Phi) is 4.32. The van der Waals surface area contributed by atoms with Gasteiger partial charge in [0, 0.05) is 30.9 Å². The zero-order chi connectivity index (χ0) is 14.0. The minimum atomic E-state index is -0.0138. The van der Waals surface area contributed by atoms with Gasteiger partial charge in [0.25, 0.3) is 0 Å². The molecule has 2 aliphatic heterocycles. The van der Waals surface area contributed by atoms with Crippen molar-refractivity contribution < 1.29 is 9.47 Å². The van der Waals surface area contributed by atoms with E-state index in [0.29, 0.717) is 5.92 Å². The normalized spacial score (nSPS) is 27.4. The molecule has 2 fully saturated rings. The molecule has 2 atom stereocenters. The SMILES string of the molecule is NC(c1ccccc1Cl)C1CCOC2(CCOCC2)C1. The molecule has 0 amide bonds. The molecule has 4 heteroatoms. The summed E-state index contributed by atoms with van der Waals surface area (Å²) >= 11 is 6.28. The van der Waals surface area contributed by atoms with Crippen LogP contribution >= 0.6 is 11.6 Å². The molecular weight excluding hydrogens is 274 g/mol. The topological polar surface area (TPSA) is 44.5 Å². The van der Waals surface area contributed by atoms with E-state index >= 15 is 0 Å². The Balaban J connectivity index is 1.75. The van der Waals surface area contributed by atoms with Crippen molar-refractivity contribution in [3.05, 3.63) is 34.9 Å². The standard InChI is InChI=1S/C16H22ClNO2/c17-14-4-2-1-3-13(14)15(18)12-5-8-20-16(11-12)6-9-19-10-7-16/h1-4,12,15H,5-11,18H2. The lowest BCUT2D eigenvalue weighted by Gasteiger charge is -2.44. The van der Waals surface area contributed by atoms with Gasteiger partial charge in [0.15, 0.2) is 0 Å². The van der Waals surface area contributed by atoms with Crippen LogP contribution in [0.1, 0.15) is 37.3 Å². The number of benzene rings is 1. The quantitative estimate of drug-likeness (QED) is 0.910. The highest BCUT2D eigenvalue weighted by molar-refractivity contribution is 6.31. The third-order valence-corrected chi connectivity index (χ3v) is 5.05. The van der Waals surface area contributed by atoms with E-state index < -0.39 is 0 Å². The highest BCUT2D eigenvalue weighted by Crippen LogP contribution is 2.41. The lowest BCUT2D eigenvalue weighted by atomic mass is 9.76. The third kappa shape index (κ3) is 2.86. The van der Waals surface area contributed by atoms with E-state index in [2.05, 4.69) is 0 Å². The van der Waals surface area contributed by atoms with Crippen LogP contribution in [0.25, 0.3) is 0 Å². The number of rotatable bonds is 2. The van der Waals surface area contributed by atoms with Gasteiger partial charge < -0.3 is 15.2 Å². The van der Waals surface area contributed by atoms with Crippen molar-refractivity contribution in [1.82, 2.24) is 0 Å². The molecule has 3 nitrogen and oxygen atoms in total. The smallest absolute Gasteiger partial charge is 0.0729 e. The summed E-state index contributed by atoms with van der Waals surface area (Å²) in [4.78, 5) is 0. The third-order valence-electron chi connectivity index (χ3n) is 4.71. The zero-order valence-corrected chi connectivity index (χ0v) is 12.4. The Morgan fingerprint density at radius 2 is 1.95 bits per heavy atom. The van der Waals surface area contributed by atoms with Gasteiger partial charge in [-0.25, -0.2) is 0 Å². The summed E-state index contributed by atoms with van der Waals surface area (Å²) in [5.74, 6) is 0.432. The van der Waals surface area contributed by atoms with Gasteiger partial charge in [-0.05, 0) is 43.2 Å². The average molecular weight is 296 g/mol. The number of hydrogen-bond donors (Lipinski definition) is 1. The number of halogens is 1. The molecule has 2 heterocycles. The second-order valence-electron chi connectivity index (χ2n) is 5.94. The Morgan fingerprint density at radius 1 is 1.20 bits per heavy atom. The first-order chi connectivity index (χ1) is 9.70. The minimum absolute atomic E-state index is 0.00711. The van der Waals surface area contributed by atoms with Crippen LogP contribution in [-0.4, -0.2) is 25.4 Å². The van der Waals surface area contributed by atoms with Crippen molar-refractivity contribution in [1.29, 1.82) is 0 Å². The summed E-state index contributed by atoms with van der Waals surface area (Å²) < 4.78 is 11.5. The van der Waals surface area contributed by atoms with Gasteiger partial charge in [-0.1, -0.05) is 29.8 Å². The van der Waals surface area contributed by atoms with Gasteiger partial charge >= 0.3 is 0 Å².